The summed E-state index contributed by atoms with van der Waals surface area (Å²) >= 11 is 0. The van der Waals surface area contributed by atoms with Gasteiger partial charge in [0.05, 0.1) is 6.26 Å². The maximum atomic E-state index is 10.8. The Labute approximate surface area is 98.1 Å². The molecular formula is C14H22O2. The molecule has 0 aromatic rings. The minimum atomic E-state index is 0.0487. The van der Waals surface area contributed by atoms with Gasteiger partial charge in [-0.05, 0) is 37.5 Å². The highest BCUT2D eigenvalue weighted by molar-refractivity contribution is 5.86. The first-order chi connectivity index (χ1) is 7.38. The highest BCUT2D eigenvalue weighted by Gasteiger charge is 2.62. The van der Waals surface area contributed by atoms with Crippen molar-refractivity contribution in [3.63, 3.8) is 0 Å². The first-order valence-corrected chi connectivity index (χ1v) is 6.20. The van der Waals surface area contributed by atoms with Crippen LogP contribution in [0.3, 0.4) is 0 Å². The van der Waals surface area contributed by atoms with E-state index in [1.807, 2.05) is 0 Å². The minimum Gasteiger partial charge on any atom is -0.497 e. The number of hydrogen-bond donors (Lipinski definition) is 0. The van der Waals surface area contributed by atoms with Gasteiger partial charge in [0, 0.05) is 11.5 Å². The van der Waals surface area contributed by atoms with Crippen molar-refractivity contribution in [3.05, 3.63) is 12.3 Å². The average molecular weight is 222 g/mol. The summed E-state index contributed by atoms with van der Waals surface area (Å²) in [5.41, 5.74) is 0.653. The zero-order valence-electron chi connectivity index (χ0n) is 10.7. The summed E-state index contributed by atoms with van der Waals surface area (Å²) in [6, 6.07) is 0. The molecule has 2 aliphatic carbocycles. The van der Waals surface area contributed by atoms with Crippen molar-refractivity contribution in [1.82, 2.24) is 0 Å². The zero-order chi connectivity index (χ0) is 12.0. The van der Waals surface area contributed by atoms with Crippen LogP contribution < -0.4 is 0 Å². The third-order valence-corrected chi connectivity index (χ3v) is 5.26. The molecule has 0 aromatic heterocycles. The second kappa shape index (κ2) is 3.61. The molecule has 2 saturated carbocycles. The van der Waals surface area contributed by atoms with Crippen LogP contribution in [0, 0.1) is 16.7 Å². The lowest BCUT2D eigenvalue weighted by Crippen LogP contribution is -2.36. The SMILES string of the molecule is CC(=O)/C=C/O[C@@H]1C[C@@H]2CC[C@@]1(C)C2(C)C. The molecule has 2 fully saturated rings. The largest absolute Gasteiger partial charge is 0.497 e. The molecule has 90 valence electrons. The number of carbonyl (C=O) groups excluding carboxylic acids is 1. The van der Waals surface area contributed by atoms with Crippen LogP contribution in [-0.4, -0.2) is 11.9 Å². The van der Waals surface area contributed by atoms with Crippen molar-refractivity contribution in [2.24, 2.45) is 16.7 Å². The second-order valence-electron chi connectivity index (χ2n) is 6.15. The summed E-state index contributed by atoms with van der Waals surface area (Å²) < 4.78 is 5.78. The number of carbonyl (C=O) groups is 1. The summed E-state index contributed by atoms with van der Waals surface area (Å²) in [4.78, 5) is 10.8. The Morgan fingerprint density at radius 2 is 2.06 bits per heavy atom. The van der Waals surface area contributed by atoms with E-state index in [9.17, 15) is 4.79 Å². The molecule has 0 unspecified atom stereocenters. The molecule has 16 heavy (non-hydrogen) atoms. The summed E-state index contributed by atoms with van der Waals surface area (Å²) in [6.07, 6.45) is 7.13. The molecule has 2 nitrogen and oxygen atoms in total. The lowest BCUT2D eigenvalue weighted by atomic mass is 9.70. The molecule has 0 radical (unpaired) electrons. The lowest BCUT2D eigenvalue weighted by molar-refractivity contribution is -0.112. The van der Waals surface area contributed by atoms with Crippen LogP contribution in [-0.2, 0) is 9.53 Å². The normalized spacial score (nSPS) is 40.5. The molecule has 3 atom stereocenters. The van der Waals surface area contributed by atoms with E-state index >= 15 is 0 Å². The zero-order valence-corrected chi connectivity index (χ0v) is 10.7. The van der Waals surface area contributed by atoms with Crippen LogP contribution in [0.2, 0.25) is 0 Å². The van der Waals surface area contributed by atoms with Gasteiger partial charge in [-0.3, -0.25) is 4.79 Å². The van der Waals surface area contributed by atoms with E-state index in [1.54, 1.807) is 13.2 Å². The van der Waals surface area contributed by atoms with E-state index in [0.717, 1.165) is 12.3 Å². The van der Waals surface area contributed by atoms with Gasteiger partial charge in [0.15, 0.2) is 5.78 Å². The standard InChI is InChI=1S/C14H22O2/c1-10(15)6-8-16-12-9-11-5-7-14(12,4)13(11,2)3/h6,8,11-12H,5,7,9H2,1-4H3/b8-6+/t11-,12+,14+/m0/s1. The smallest absolute Gasteiger partial charge is 0.155 e. The molecule has 2 aliphatic rings. The van der Waals surface area contributed by atoms with E-state index < -0.39 is 0 Å². The Morgan fingerprint density at radius 3 is 2.50 bits per heavy atom. The molecule has 2 bridgehead atoms. The molecule has 0 heterocycles. The third kappa shape index (κ3) is 1.50. The fraction of sp³-hybridized carbons (Fsp3) is 0.786. The number of hydrogen-bond acceptors (Lipinski definition) is 2. The van der Waals surface area contributed by atoms with Crippen LogP contribution in [0.4, 0.5) is 0 Å². The summed E-state index contributed by atoms with van der Waals surface area (Å²) in [7, 11) is 0. The van der Waals surface area contributed by atoms with Gasteiger partial charge >= 0.3 is 0 Å². The van der Waals surface area contributed by atoms with Gasteiger partial charge in [0.1, 0.15) is 6.10 Å². The molecular weight excluding hydrogens is 200 g/mol. The molecule has 0 aromatic carbocycles. The van der Waals surface area contributed by atoms with Crippen molar-refractivity contribution in [2.75, 3.05) is 0 Å². The van der Waals surface area contributed by atoms with Crippen LogP contribution >= 0.6 is 0 Å². The van der Waals surface area contributed by atoms with E-state index in [2.05, 4.69) is 20.8 Å². The average Bonchev–Trinajstić information content (AvgIpc) is 2.49. The fourth-order valence-corrected chi connectivity index (χ4v) is 3.57. The van der Waals surface area contributed by atoms with Crippen molar-refractivity contribution in [3.8, 4) is 0 Å². The number of rotatable bonds is 3. The summed E-state index contributed by atoms with van der Waals surface area (Å²) in [5.74, 6) is 0.834. The Balaban J connectivity index is 2.07. The highest BCUT2D eigenvalue weighted by atomic mass is 16.5. The maximum Gasteiger partial charge on any atom is 0.155 e. The predicted octanol–water partition coefficient (Wildman–Crippen LogP) is 3.32. The van der Waals surface area contributed by atoms with E-state index in [4.69, 9.17) is 4.74 Å². The molecule has 0 amide bonds. The number of ketones is 1. The number of allylic oxidation sites excluding steroid dienone is 1. The first-order valence-electron chi connectivity index (χ1n) is 6.20. The fourth-order valence-electron chi connectivity index (χ4n) is 3.57. The van der Waals surface area contributed by atoms with Gasteiger partial charge < -0.3 is 4.74 Å². The van der Waals surface area contributed by atoms with Crippen molar-refractivity contribution >= 4 is 5.78 Å². The van der Waals surface area contributed by atoms with Crippen LogP contribution in [0.5, 0.6) is 0 Å². The van der Waals surface area contributed by atoms with Gasteiger partial charge in [-0.1, -0.05) is 20.8 Å². The topological polar surface area (TPSA) is 26.3 Å². The van der Waals surface area contributed by atoms with Gasteiger partial charge in [-0.25, -0.2) is 0 Å². The Hall–Kier alpha value is -0.790. The lowest BCUT2D eigenvalue weighted by Gasteiger charge is -2.38. The van der Waals surface area contributed by atoms with E-state index in [1.165, 1.54) is 18.9 Å². The highest BCUT2D eigenvalue weighted by Crippen LogP contribution is 2.66. The minimum absolute atomic E-state index is 0.0487. The van der Waals surface area contributed by atoms with Gasteiger partial charge in [0.2, 0.25) is 0 Å². The van der Waals surface area contributed by atoms with E-state index in [0.29, 0.717) is 5.41 Å². The maximum absolute atomic E-state index is 10.8. The summed E-state index contributed by atoms with van der Waals surface area (Å²) in [6.45, 7) is 8.62. The van der Waals surface area contributed by atoms with Crippen molar-refractivity contribution in [2.45, 2.75) is 53.1 Å². The third-order valence-electron chi connectivity index (χ3n) is 5.26. The van der Waals surface area contributed by atoms with Gasteiger partial charge in [-0.15, -0.1) is 0 Å². The second-order valence-corrected chi connectivity index (χ2v) is 6.15. The van der Waals surface area contributed by atoms with Crippen LogP contribution in [0.1, 0.15) is 47.0 Å². The van der Waals surface area contributed by atoms with Gasteiger partial charge in [0.25, 0.3) is 0 Å². The Bertz CT molecular complexity index is 330. The molecule has 2 heteroatoms. The van der Waals surface area contributed by atoms with E-state index in [-0.39, 0.29) is 17.3 Å². The molecule has 0 saturated heterocycles. The predicted molar refractivity (Wildman–Crippen MR) is 63.9 cm³/mol. The number of ether oxygens (including phenoxy) is 1. The quantitative estimate of drug-likeness (QED) is 0.541. The van der Waals surface area contributed by atoms with Gasteiger partial charge in [-0.2, -0.15) is 0 Å². The van der Waals surface area contributed by atoms with Crippen LogP contribution in [0.15, 0.2) is 12.3 Å². The number of fused-ring (bicyclic) bond motifs is 2. The Kier molecular flexibility index (Phi) is 2.64. The summed E-state index contributed by atoms with van der Waals surface area (Å²) in [5, 5.41) is 0. The van der Waals surface area contributed by atoms with Crippen LogP contribution in [0.25, 0.3) is 0 Å². The van der Waals surface area contributed by atoms with Crippen molar-refractivity contribution in [1.29, 1.82) is 0 Å². The molecule has 0 aliphatic heterocycles. The molecule has 0 spiro atoms. The van der Waals surface area contributed by atoms with Crippen molar-refractivity contribution < 1.29 is 9.53 Å². The molecule has 2 rings (SSSR count). The molecule has 0 N–H and O–H groups in total. The first kappa shape index (κ1) is 11.7. The Morgan fingerprint density at radius 1 is 1.38 bits per heavy atom. The monoisotopic (exact) mass is 222 g/mol.